The second-order valence-electron chi connectivity index (χ2n) is 5.57. The standard InChI is InChI=1S/C16H20N2O3.ClH/c1-20-11-16(7-4-8-18-16)10-17-15(19)13-9-21-14-6-3-2-5-12(13)14;/h2-3,5-6,9,18H,4,7-8,10-11H2,1H3,(H,17,19);1H. The molecule has 1 aliphatic rings. The Labute approximate surface area is 135 Å². The number of rotatable bonds is 5. The molecule has 2 aromatic rings. The summed E-state index contributed by atoms with van der Waals surface area (Å²) in [6.45, 7) is 2.12. The van der Waals surface area contributed by atoms with E-state index < -0.39 is 0 Å². The number of methoxy groups -OCH3 is 1. The number of nitrogens with one attached hydrogen (secondary N) is 2. The Morgan fingerprint density at radius 3 is 3.00 bits per heavy atom. The van der Waals surface area contributed by atoms with Crippen molar-refractivity contribution in [1.82, 2.24) is 10.6 Å². The van der Waals surface area contributed by atoms with Crippen molar-refractivity contribution >= 4 is 29.3 Å². The van der Waals surface area contributed by atoms with E-state index in [1.807, 2.05) is 24.3 Å². The van der Waals surface area contributed by atoms with Crippen molar-refractivity contribution in [3.8, 4) is 0 Å². The minimum absolute atomic E-state index is 0. The summed E-state index contributed by atoms with van der Waals surface area (Å²) >= 11 is 0. The van der Waals surface area contributed by atoms with Crippen LogP contribution in [0, 0.1) is 0 Å². The van der Waals surface area contributed by atoms with E-state index in [0.717, 1.165) is 30.4 Å². The van der Waals surface area contributed by atoms with Crippen LogP contribution < -0.4 is 10.6 Å². The number of fused-ring (bicyclic) bond motifs is 1. The molecule has 1 unspecified atom stereocenters. The van der Waals surface area contributed by atoms with Crippen molar-refractivity contribution in [3.05, 3.63) is 36.1 Å². The Balaban J connectivity index is 0.00000176. The van der Waals surface area contributed by atoms with Gasteiger partial charge in [-0.2, -0.15) is 0 Å². The summed E-state index contributed by atoms with van der Waals surface area (Å²) in [5, 5.41) is 7.29. The highest BCUT2D eigenvalue weighted by atomic mass is 35.5. The van der Waals surface area contributed by atoms with E-state index in [2.05, 4.69) is 10.6 Å². The van der Waals surface area contributed by atoms with E-state index in [0.29, 0.717) is 18.7 Å². The number of amides is 1. The third kappa shape index (κ3) is 3.27. The summed E-state index contributed by atoms with van der Waals surface area (Å²) < 4.78 is 10.7. The first kappa shape index (κ1) is 16.8. The van der Waals surface area contributed by atoms with Crippen molar-refractivity contribution in [2.75, 3.05) is 26.8 Å². The fourth-order valence-corrected chi connectivity index (χ4v) is 2.97. The first-order chi connectivity index (χ1) is 10.2. The molecule has 0 bridgehead atoms. The zero-order valence-electron chi connectivity index (χ0n) is 12.6. The molecule has 1 fully saturated rings. The van der Waals surface area contributed by atoms with Gasteiger partial charge in [0.05, 0.1) is 17.7 Å². The Bertz CT molecular complexity index is 635. The van der Waals surface area contributed by atoms with Crippen molar-refractivity contribution in [2.45, 2.75) is 18.4 Å². The number of hydrogen-bond acceptors (Lipinski definition) is 4. The summed E-state index contributed by atoms with van der Waals surface area (Å²) in [6, 6.07) is 7.55. The molecule has 22 heavy (non-hydrogen) atoms. The van der Waals surface area contributed by atoms with Gasteiger partial charge in [0, 0.05) is 19.0 Å². The number of benzene rings is 1. The van der Waals surface area contributed by atoms with Gasteiger partial charge in [0.15, 0.2) is 0 Å². The topological polar surface area (TPSA) is 63.5 Å². The van der Waals surface area contributed by atoms with Crippen LogP contribution in [0.2, 0.25) is 0 Å². The molecular formula is C16H21ClN2O3. The van der Waals surface area contributed by atoms with E-state index in [4.69, 9.17) is 9.15 Å². The van der Waals surface area contributed by atoms with Gasteiger partial charge in [-0.05, 0) is 25.5 Å². The van der Waals surface area contributed by atoms with Crippen LogP contribution in [0.15, 0.2) is 34.9 Å². The number of furan rings is 1. The molecule has 6 heteroatoms. The molecule has 2 N–H and O–H groups in total. The normalized spacial score (nSPS) is 20.8. The monoisotopic (exact) mass is 324 g/mol. The van der Waals surface area contributed by atoms with Gasteiger partial charge in [-0.15, -0.1) is 12.4 Å². The first-order valence-corrected chi connectivity index (χ1v) is 7.22. The average Bonchev–Trinajstić information content (AvgIpc) is 3.12. The maximum Gasteiger partial charge on any atom is 0.255 e. The number of hydrogen-bond donors (Lipinski definition) is 2. The van der Waals surface area contributed by atoms with Crippen LogP contribution in [0.25, 0.3) is 11.0 Å². The Kier molecular flexibility index (Phi) is 5.45. The number of ether oxygens (including phenoxy) is 1. The van der Waals surface area contributed by atoms with Gasteiger partial charge in [0.25, 0.3) is 5.91 Å². The lowest BCUT2D eigenvalue weighted by Gasteiger charge is -2.28. The SMILES string of the molecule is COCC1(CNC(=O)c2coc3ccccc23)CCCN1.Cl. The lowest BCUT2D eigenvalue weighted by atomic mass is 9.98. The van der Waals surface area contributed by atoms with Gasteiger partial charge in [-0.1, -0.05) is 18.2 Å². The van der Waals surface area contributed by atoms with Crippen LogP contribution in [0.5, 0.6) is 0 Å². The molecule has 1 aliphatic heterocycles. The van der Waals surface area contributed by atoms with E-state index in [1.54, 1.807) is 7.11 Å². The highest BCUT2D eigenvalue weighted by Crippen LogP contribution is 2.22. The summed E-state index contributed by atoms with van der Waals surface area (Å²) in [5.41, 5.74) is 1.16. The number of carbonyl (C=O) groups excluding carboxylic acids is 1. The summed E-state index contributed by atoms with van der Waals surface area (Å²) in [6.07, 6.45) is 3.63. The molecule has 0 aliphatic carbocycles. The Morgan fingerprint density at radius 1 is 1.45 bits per heavy atom. The predicted octanol–water partition coefficient (Wildman–Crippen LogP) is 2.35. The van der Waals surface area contributed by atoms with Gasteiger partial charge in [-0.25, -0.2) is 0 Å². The largest absolute Gasteiger partial charge is 0.463 e. The fraction of sp³-hybridized carbons (Fsp3) is 0.438. The molecule has 5 nitrogen and oxygen atoms in total. The fourth-order valence-electron chi connectivity index (χ4n) is 2.97. The predicted molar refractivity (Wildman–Crippen MR) is 87.6 cm³/mol. The van der Waals surface area contributed by atoms with Crippen LogP contribution in [0.1, 0.15) is 23.2 Å². The molecule has 3 rings (SSSR count). The first-order valence-electron chi connectivity index (χ1n) is 7.22. The third-order valence-electron chi connectivity index (χ3n) is 4.07. The lowest BCUT2D eigenvalue weighted by molar-refractivity contribution is 0.0893. The molecule has 1 saturated heterocycles. The Morgan fingerprint density at radius 2 is 2.27 bits per heavy atom. The van der Waals surface area contributed by atoms with Gasteiger partial charge in [0.2, 0.25) is 0 Å². The zero-order valence-corrected chi connectivity index (χ0v) is 13.4. The number of para-hydroxylation sites is 1. The molecule has 1 amide bonds. The molecule has 120 valence electrons. The van der Waals surface area contributed by atoms with E-state index in [-0.39, 0.29) is 23.9 Å². The highest BCUT2D eigenvalue weighted by molar-refractivity contribution is 6.05. The molecule has 0 saturated carbocycles. The summed E-state index contributed by atoms with van der Waals surface area (Å²) in [7, 11) is 1.69. The molecule has 1 atom stereocenters. The maximum atomic E-state index is 12.4. The van der Waals surface area contributed by atoms with Crippen molar-refractivity contribution in [1.29, 1.82) is 0 Å². The number of halogens is 1. The molecule has 1 aromatic heterocycles. The molecule has 2 heterocycles. The van der Waals surface area contributed by atoms with E-state index >= 15 is 0 Å². The van der Waals surface area contributed by atoms with Crippen LogP contribution >= 0.6 is 12.4 Å². The molecule has 0 radical (unpaired) electrons. The third-order valence-corrected chi connectivity index (χ3v) is 4.07. The second kappa shape index (κ2) is 7.13. The van der Waals surface area contributed by atoms with E-state index in [9.17, 15) is 4.79 Å². The Hall–Kier alpha value is -1.56. The van der Waals surface area contributed by atoms with Gasteiger partial charge in [0.1, 0.15) is 11.8 Å². The van der Waals surface area contributed by atoms with E-state index in [1.165, 1.54) is 6.26 Å². The summed E-state index contributed by atoms with van der Waals surface area (Å²) in [4.78, 5) is 12.4. The molecule has 1 aromatic carbocycles. The maximum absolute atomic E-state index is 12.4. The minimum atomic E-state index is -0.149. The molecular weight excluding hydrogens is 304 g/mol. The molecule has 0 spiro atoms. The van der Waals surface area contributed by atoms with Crippen LogP contribution in [-0.4, -0.2) is 38.3 Å². The second-order valence-corrected chi connectivity index (χ2v) is 5.57. The van der Waals surface area contributed by atoms with Crippen LogP contribution in [-0.2, 0) is 4.74 Å². The smallest absolute Gasteiger partial charge is 0.255 e. The van der Waals surface area contributed by atoms with Gasteiger partial charge < -0.3 is 19.8 Å². The lowest BCUT2D eigenvalue weighted by Crippen LogP contribution is -2.52. The van der Waals surface area contributed by atoms with Crippen molar-refractivity contribution < 1.29 is 13.9 Å². The van der Waals surface area contributed by atoms with Crippen molar-refractivity contribution in [2.24, 2.45) is 0 Å². The van der Waals surface area contributed by atoms with Crippen molar-refractivity contribution in [3.63, 3.8) is 0 Å². The van der Waals surface area contributed by atoms with Crippen LogP contribution in [0.3, 0.4) is 0 Å². The summed E-state index contributed by atoms with van der Waals surface area (Å²) in [5.74, 6) is -0.107. The average molecular weight is 325 g/mol. The highest BCUT2D eigenvalue weighted by Gasteiger charge is 2.34. The minimum Gasteiger partial charge on any atom is -0.463 e. The zero-order chi connectivity index (χ0) is 14.7. The number of carbonyl (C=O) groups is 1. The quantitative estimate of drug-likeness (QED) is 0.886. The van der Waals surface area contributed by atoms with Gasteiger partial charge in [-0.3, -0.25) is 4.79 Å². The van der Waals surface area contributed by atoms with Gasteiger partial charge >= 0.3 is 0 Å². The van der Waals surface area contributed by atoms with Crippen LogP contribution in [0.4, 0.5) is 0 Å².